The van der Waals surface area contributed by atoms with Crippen molar-refractivity contribution in [1.82, 2.24) is 9.97 Å². The predicted molar refractivity (Wildman–Crippen MR) is 121 cm³/mol. The van der Waals surface area contributed by atoms with E-state index in [9.17, 15) is 5.11 Å². The first-order chi connectivity index (χ1) is 14.6. The van der Waals surface area contributed by atoms with Gasteiger partial charge in [-0.2, -0.15) is 0 Å². The first-order valence-electron chi connectivity index (χ1n) is 10.7. The molecule has 4 rings (SSSR count). The maximum absolute atomic E-state index is 9.71. The highest BCUT2D eigenvalue weighted by molar-refractivity contribution is 6.33. The monoisotopic (exact) mass is 450 g/mol. The third kappa shape index (κ3) is 5.55. The van der Waals surface area contributed by atoms with Crippen molar-refractivity contribution in [3.63, 3.8) is 0 Å². The summed E-state index contributed by atoms with van der Waals surface area (Å²) in [4.78, 5) is 8.80. The van der Waals surface area contributed by atoms with Crippen molar-refractivity contribution >= 4 is 34.7 Å². The number of nitrogens with zero attached hydrogens (tertiary/aromatic N) is 2. The summed E-state index contributed by atoms with van der Waals surface area (Å²) in [6.07, 6.45) is 8.85. The lowest BCUT2D eigenvalue weighted by Gasteiger charge is -2.26. The minimum Gasteiger partial charge on any atom is -0.393 e. The first-order valence-corrected chi connectivity index (χ1v) is 11.4. The van der Waals surface area contributed by atoms with Gasteiger partial charge in [-0.3, -0.25) is 0 Å². The number of hydrogen-bond acceptors (Lipinski definition) is 6. The van der Waals surface area contributed by atoms with E-state index < -0.39 is 0 Å². The smallest absolute Gasteiger partial charge is 0.152 e. The van der Waals surface area contributed by atoms with E-state index >= 15 is 0 Å². The van der Waals surface area contributed by atoms with Gasteiger partial charge in [0.05, 0.1) is 16.8 Å². The van der Waals surface area contributed by atoms with Crippen LogP contribution < -0.4 is 10.6 Å². The SMILES string of the molecule is O[C@H]1CC[C@H](Nc2cc(-c3cnc(Cl)c(NCC4CCOCC4)c3)c(Cl)cn2)CC1. The van der Waals surface area contributed by atoms with Gasteiger partial charge in [0.15, 0.2) is 5.15 Å². The van der Waals surface area contributed by atoms with E-state index in [0.717, 1.165) is 80.9 Å². The maximum atomic E-state index is 9.71. The average Bonchev–Trinajstić information content (AvgIpc) is 2.77. The highest BCUT2D eigenvalue weighted by atomic mass is 35.5. The number of nitrogens with one attached hydrogen (secondary N) is 2. The van der Waals surface area contributed by atoms with E-state index in [0.29, 0.717) is 22.1 Å². The van der Waals surface area contributed by atoms with Crippen molar-refractivity contribution in [2.75, 3.05) is 30.4 Å². The summed E-state index contributed by atoms with van der Waals surface area (Å²) in [7, 11) is 0. The number of aliphatic hydroxyl groups is 1. The zero-order valence-corrected chi connectivity index (χ0v) is 18.4. The molecule has 1 aliphatic heterocycles. The van der Waals surface area contributed by atoms with Crippen LogP contribution in [0.3, 0.4) is 0 Å². The quantitative estimate of drug-likeness (QED) is 0.537. The van der Waals surface area contributed by atoms with Crippen LogP contribution in [0, 0.1) is 5.92 Å². The molecule has 30 heavy (non-hydrogen) atoms. The van der Waals surface area contributed by atoms with Gasteiger partial charge in [-0.25, -0.2) is 9.97 Å². The Morgan fingerprint density at radius 3 is 2.53 bits per heavy atom. The van der Waals surface area contributed by atoms with Gasteiger partial charge < -0.3 is 20.5 Å². The van der Waals surface area contributed by atoms with Crippen LogP contribution >= 0.6 is 23.2 Å². The summed E-state index contributed by atoms with van der Waals surface area (Å²) in [6.45, 7) is 2.49. The molecule has 1 saturated heterocycles. The lowest BCUT2D eigenvalue weighted by Crippen LogP contribution is -2.28. The first kappa shape index (κ1) is 21.6. The summed E-state index contributed by atoms with van der Waals surface area (Å²) in [5.41, 5.74) is 2.57. The molecule has 0 spiro atoms. The number of rotatable bonds is 6. The molecule has 162 valence electrons. The lowest BCUT2D eigenvalue weighted by molar-refractivity contribution is 0.0699. The Labute approximate surface area is 187 Å². The lowest BCUT2D eigenvalue weighted by atomic mass is 9.93. The van der Waals surface area contributed by atoms with Gasteiger partial charge in [-0.15, -0.1) is 0 Å². The summed E-state index contributed by atoms with van der Waals surface area (Å²) in [5.74, 6) is 1.36. The molecule has 2 aromatic rings. The Balaban J connectivity index is 1.48. The molecule has 6 nitrogen and oxygen atoms in total. The summed E-state index contributed by atoms with van der Waals surface area (Å²) in [5, 5.41) is 17.7. The molecular weight excluding hydrogens is 423 g/mol. The molecule has 1 aliphatic carbocycles. The van der Waals surface area contributed by atoms with Gasteiger partial charge in [0.25, 0.3) is 0 Å². The number of halogens is 2. The van der Waals surface area contributed by atoms with Gasteiger partial charge >= 0.3 is 0 Å². The fourth-order valence-corrected chi connectivity index (χ4v) is 4.47. The molecule has 8 heteroatoms. The largest absolute Gasteiger partial charge is 0.393 e. The van der Waals surface area contributed by atoms with Crippen LogP contribution in [0.2, 0.25) is 10.2 Å². The zero-order chi connectivity index (χ0) is 20.9. The summed E-state index contributed by atoms with van der Waals surface area (Å²) in [6, 6.07) is 4.27. The summed E-state index contributed by atoms with van der Waals surface area (Å²) >= 11 is 12.8. The second-order valence-corrected chi connectivity index (χ2v) is 8.96. The Bertz CT molecular complexity index is 853. The normalized spacial score (nSPS) is 22.6. The molecule has 2 aromatic heterocycles. The highest BCUT2D eigenvalue weighted by Gasteiger charge is 2.20. The third-order valence-corrected chi connectivity index (χ3v) is 6.58. The number of aromatic nitrogens is 2. The van der Waals surface area contributed by atoms with Crippen molar-refractivity contribution in [2.24, 2.45) is 5.92 Å². The average molecular weight is 451 g/mol. The molecule has 0 aromatic carbocycles. The molecule has 0 bridgehead atoms. The fraction of sp³-hybridized carbons (Fsp3) is 0.545. The van der Waals surface area contributed by atoms with E-state index in [1.807, 2.05) is 12.1 Å². The number of hydrogen-bond donors (Lipinski definition) is 3. The summed E-state index contributed by atoms with van der Waals surface area (Å²) < 4.78 is 5.43. The molecule has 0 atom stereocenters. The van der Waals surface area contributed by atoms with Crippen LogP contribution in [-0.4, -0.2) is 47.0 Å². The zero-order valence-electron chi connectivity index (χ0n) is 16.9. The minimum atomic E-state index is -0.177. The van der Waals surface area contributed by atoms with Crippen LogP contribution in [0.4, 0.5) is 11.5 Å². The van der Waals surface area contributed by atoms with E-state index in [1.165, 1.54) is 0 Å². The van der Waals surface area contributed by atoms with Crippen LogP contribution in [0.25, 0.3) is 11.1 Å². The van der Waals surface area contributed by atoms with Gasteiger partial charge in [0.1, 0.15) is 5.82 Å². The molecule has 0 amide bonds. The van der Waals surface area contributed by atoms with Gasteiger partial charge in [0, 0.05) is 49.3 Å². The second-order valence-electron chi connectivity index (χ2n) is 8.20. The van der Waals surface area contributed by atoms with Crippen molar-refractivity contribution in [3.8, 4) is 11.1 Å². The van der Waals surface area contributed by atoms with Crippen LogP contribution in [-0.2, 0) is 4.74 Å². The Kier molecular flexibility index (Phi) is 7.31. The Morgan fingerprint density at radius 2 is 1.77 bits per heavy atom. The van der Waals surface area contributed by atoms with Crippen LogP contribution in [0.5, 0.6) is 0 Å². The molecule has 0 unspecified atom stereocenters. The maximum Gasteiger partial charge on any atom is 0.152 e. The van der Waals surface area contributed by atoms with Gasteiger partial charge in [-0.05, 0) is 56.6 Å². The number of ether oxygens (including phenoxy) is 1. The molecule has 3 heterocycles. The number of pyridine rings is 2. The van der Waals surface area contributed by atoms with Crippen molar-refractivity contribution < 1.29 is 9.84 Å². The van der Waals surface area contributed by atoms with Crippen molar-refractivity contribution in [3.05, 3.63) is 34.7 Å². The fourth-order valence-electron chi connectivity index (χ4n) is 4.09. The van der Waals surface area contributed by atoms with Crippen molar-refractivity contribution in [2.45, 2.75) is 50.7 Å². The topological polar surface area (TPSA) is 79.3 Å². The van der Waals surface area contributed by atoms with E-state index in [2.05, 4.69) is 20.6 Å². The van der Waals surface area contributed by atoms with Gasteiger partial charge in [0.2, 0.25) is 0 Å². The molecular formula is C22H28Cl2N4O2. The standard InChI is InChI=1S/C22H28Cl2N4O2/c23-19-13-26-21(28-16-1-3-17(29)4-2-16)10-18(19)15-9-20(22(24)27-12-15)25-11-14-5-7-30-8-6-14/h9-10,12-14,16-17,25,29H,1-8,11H2,(H,26,28)/t16-,17-. The number of aliphatic hydroxyl groups excluding tert-OH is 1. The van der Waals surface area contributed by atoms with E-state index in [1.54, 1.807) is 12.4 Å². The predicted octanol–water partition coefficient (Wildman–Crippen LogP) is 5.00. The van der Waals surface area contributed by atoms with Crippen molar-refractivity contribution in [1.29, 1.82) is 0 Å². The molecule has 2 fully saturated rings. The molecule has 1 saturated carbocycles. The molecule has 0 radical (unpaired) electrons. The minimum absolute atomic E-state index is 0.177. The molecule has 2 aliphatic rings. The second kappa shape index (κ2) is 10.1. The highest BCUT2D eigenvalue weighted by Crippen LogP contribution is 2.33. The van der Waals surface area contributed by atoms with E-state index in [4.69, 9.17) is 27.9 Å². The van der Waals surface area contributed by atoms with Crippen LogP contribution in [0.1, 0.15) is 38.5 Å². The van der Waals surface area contributed by atoms with E-state index in [-0.39, 0.29) is 6.10 Å². The third-order valence-electron chi connectivity index (χ3n) is 5.98. The Hall–Kier alpha value is -1.60. The van der Waals surface area contributed by atoms with Gasteiger partial charge in [-0.1, -0.05) is 23.2 Å². The number of anilines is 2. The Morgan fingerprint density at radius 1 is 1.00 bits per heavy atom. The van der Waals surface area contributed by atoms with Crippen LogP contribution in [0.15, 0.2) is 24.5 Å². The molecule has 3 N–H and O–H groups in total.